The molecule has 2 aromatic rings. The van der Waals surface area contributed by atoms with Gasteiger partial charge in [0.1, 0.15) is 11.6 Å². The lowest BCUT2D eigenvalue weighted by molar-refractivity contribution is 0.632. The summed E-state index contributed by atoms with van der Waals surface area (Å²) in [5.41, 5.74) is 6.67. The smallest absolute Gasteiger partial charge is 0.173 e. The van der Waals surface area contributed by atoms with Gasteiger partial charge in [0.15, 0.2) is 5.65 Å². The summed E-state index contributed by atoms with van der Waals surface area (Å²) < 4.78 is 2.46. The summed E-state index contributed by atoms with van der Waals surface area (Å²) in [4.78, 5) is 4.49. The van der Waals surface area contributed by atoms with Crippen molar-refractivity contribution in [3.63, 3.8) is 0 Å². The van der Waals surface area contributed by atoms with Gasteiger partial charge in [0.2, 0.25) is 0 Å². The Morgan fingerprint density at radius 1 is 1.61 bits per heavy atom. The van der Waals surface area contributed by atoms with Gasteiger partial charge in [0.05, 0.1) is 10.7 Å². The molecule has 0 radical (unpaired) electrons. The van der Waals surface area contributed by atoms with E-state index in [1.165, 1.54) is 12.8 Å². The predicted molar refractivity (Wildman–Crippen MR) is 74.6 cm³/mol. The topological polar surface area (TPSA) is 80.3 Å². The highest BCUT2D eigenvalue weighted by Crippen LogP contribution is 2.20. The Labute approximate surface area is 113 Å². The number of nitrogens with zero attached hydrogens (tertiary/aromatic N) is 3. The largest absolute Gasteiger partial charge is 0.383 e. The van der Waals surface area contributed by atoms with E-state index in [2.05, 4.69) is 36.6 Å². The van der Waals surface area contributed by atoms with Crippen LogP contribution in [0, 0.1) is 0 Å². The zero-order chi connectivity index (χ0) is 12.5. The average Bonchev–Trinajstić information content (AvgIpc) is 2.98. The first-order valence-electron chi connectivity index (χ1n) is 6.01. The number of aromatic nitrogens is 3. The Morgan fingerprint density at radius 2 is 2.50 bits per heavy atom. The molecule has 18 heavy (non-hydrogen) atoms. The van der Waals surface area contributed by atoms with E-state index in [4.69, 9.17) is 5.73 Å². The highest BCUT2D eigenvalue weighted by Gasteiger charge is 2.14. The molecule has 4 N–H and O–H groups in total. The first kappa shape index (κ1) is 11.7. The van der Waals surface area contributed by atoms with Crippen LogP contribution < -0.4 is 16.4 Å². The summed E-state index contributed by atoms with van der Waals surface area (Å²) in [5, 5.41) is 10.9. The summed E-state index contributed by atoms with van der Waals surface area (Å²) in [6.45, 7) is 1.98. The Morgan fingerprint density at radius 3 is 3.28 bits per heavy atom. The molecule has 0 amide bonds. The van der Waals surface area contributed by atoms with Crippen molar-refractivity contribution in [3.8, 4) is 0 Å². The van der Waals surface area contributed by atoms with Crippen molar-refractivity contribution in [2.75, 3.05) is 24.1 Å². The third-order valence-corrected chi connectivity index (χ3v) is 3.71. The van der Waals surface area contributed by atoms with Crippen molar-refractivity contribution < 1.29 is 0 Å². The Bertz CT molecular complexity index is 560. The van der Waals surface area contributed by atoms with Crippen LogP contribution in [-0.4, -0.2) is 33.7 Å². The standard InChI is InChI=1S/C11H15BrN6/c12-8-6-16-18-9(13)4-10(17-11(8)18)15-5-7-2-1-3-14-7/h4,6-7,14H,1-3,5,13H2,(H,15,17)/t7-/m0/s1. The molecule has 96 valence electrons. The summed E-state index contributed by atoms with van der Waals surface area (Å²) in [6.07, 6.45) is 4.15. The van der Waals surface area contributed by atoms with E-state index < -0.39 is 0 Å². The third-order valence-electron chi connectivity index (χ3n) is 3.15. The van der Waals surface area contributed by atoms with E-state index in [1.807, 2.05) is 0 Å². The van der Waals surface area contributed by atoms with Crippen LogP contribution in [0.4, 0.5) is 11.6 Å². The molecular formula is C11H15BrN6. The SMILES string of the molecule is Nc1cc(NC[C@@H]2CCCN2)nc2c(Br)cnn12. The fraction of sp³-hybridized carbons (Fsp3) is 0.455. The van der Waals surface area contributed by atoms with Crippen LogP contribution in [0.2, 0.25) is 0 Å². The zero-order valence-corrected chi connectivity index (χ0v) is 11.4. The molecule has 0 unspecified atom stereocenters. The van der Waals surface area contributed by atoms with Crippen LogP contribution in [0.25, 0.3) is 5.65 Å². The van der Waals surface area contributed by atoms with Gasteiger partial charge in [-0.1, -0.05) is 0 Å². The van der Waals surface area contributed by atoms with Gasteiger partial charge < -0.3 is 16.4 Å². The second-order valence-corrected chi connectivity index (χ2v) is 5.32. The normalized spacial score (nSPS) is 19.5. The predicted octanol–water partition coefficient (Wildman–Crippen LogP) is 1.24. The van der Waals surface area contributed by atoms with E-state index >= 15 is 0 Å². The van der Waals surface area contributed by atoms with Crippen molar-refractivity contribution >= 4 is 33.2 Å². The molecule has 6 nitrogen and oxygen atoms in total. The molecule has 1 fully saturated rings. The van der Waals surface area contributed by atoms with E-state index in [1.54, 1.807) is 16.8 Å². The van der Waals surface area contributed by atoms with Crippen molar-refractivity contribution in [2.45, 2.75) is 18.9 Å². The van der Waals surface area contributed by atoms with E-state index in [9.17, 15) is 0 Å². The molecule has 1 saturated heterocycles. The van der Waals surface area contributed by atoms with Crippen LogP contribution in [0.1, 0.15) is 12.8 Å². The third kappa shape index (κ3) is 2.15. The fourth-order valence-corrected chi connectivity index (χ4v) is 2.56. The van der Waals surface area contributed by atoms with E-state index in [-0.39, 0.29) is 0 Å². The second kappa shape index (κ2) is 4.74. The first-order valence-corrected chi connectivity index (χ1v) is 6.80. The van der Waals surface area contributed by atoms with Gasteiger partial charge >= 0.3 is 0 Å². The quantitative estimate of drug-likeness (QED) is 0.795. The molecule has 1 atom stereocenters. The molecule has 0 saturated carbocycles. The van der Waals surface area contributed by atoms with Gasteiger partial charge in [-0.3, -0.25) is 0 Å². The molecule has 0 spiro atoms. The number of hydrogen-bond donors (Lipinski definition) is 3. The highest BCUT2D eigenvalue weighted by atomic mass is 79.9. The Balaban J connectivity index is 1.81. The maximum Gasteiger partial charge on any atom is 0.173 e. The number of nitrogen functional groups attached to an aromatic ring is 1. The molecule has 0 bridgehead atoms. The summed E-state index contributed by atoms with van der Waals surface area (Å²) in [7, 11) is 0. The van der Waals surface area contributed by atoms with E-state index in [0.717, 1.165) is 29.0 Å². The van der Waals surface area contributed by atoms with E-state index in [0.29, 0.717) is 11.9 Å². The van der Waals surface area contributed by atoms with Crippen LogP contribution in [0.15, 0.2) is 16.7 Å². The lowest BCUT2D eigenvalue weighted by Crippen LogP contribution is -2.29. The van der Waals surface area contributed by atoms with Crippen molar-refractivity contribution in [1.82, 2.24) is 19.9 Å². The monoisotopic (exact) mass is 310 g/mol. The first-order chi connectivity index (χ1) is 8.74. The lowest BCUT2D eigenvalue weighted by Gasteiger charge is -2.12. The molecule has 1 aliphatic rings. The molecule has 3 rings (SSSR count). The fourth-order valence-electron chi connectivity index (χ4n) is 2.21. The lowest BCUT2D eigenvalue weighted by atomic mass is 10.2. The zero-order valence-electron chi connectivity index (χ0n) is 9.86. The molecule has 1 aliphatic heterocycles. The minimum Gasteiger partial charge on any atom is -0.383 e. The molecule has 7 heteroatoms. The van der Waals surface area contributed by atoms with Crippen LogP contribution in [0.3, 0.4) is 0 Å². The number of hydrogen-bond acceptors (Lipinski definition) is 5. The average molecular weight is 311 g/mol. The van der Waals surface area contributed by atoms with Crippen molar-refractivity contribution in [2.24, 2.45) is 0 Å². The number of nitrogens with one attached hydrogen (secondary N) is 2. The number of halogens is 1. The minimum absolute atomic E-state index is 0.526. The van der Waals surface area contributed by atoms with Gasteiger partial charge in [-0.25, -0.2) is 4.98 Å². The van der Waals surface area contributed by atoms with Crippen LogP contribution in [0.5, 0.6) is 0 Å². The molecular weight excluding hydrogens is 296 g/mol. The molecule has 0 aliphatic carbocycles. The van der Waals surface area contributed by atoms with Gasteiger partial charge in [-0.05, 0) is 35.3 Å². The summed E-state index contributed by atoms with van der Waals surface area (Å²) in [5.74, 6) is 1.36. The van der Waals surface area contributed by atoms with Crippen molar-refractivity contribution in [1.29, 1.82) is 0 Å². The Kier molecular flexibility index (Phi) is 3.09. The molecule has 2 aromatic heterocycles. The molecule has 3 heterocycles. The number of fused-ring (bicyclic) bond motifs is 1. The van der Waals surface area contributed by atoms with Crippen LogP contribution >= 0.6 is 15.9 Å². The molecule has 0 aromatic carbocycles. The van der Waals surface area contributed by atoms with Crippen LogP contribution in [-0.2, 0) is 0 Å². The second-order valence-electron chi connectivity index (χ2n) is 4.47. The van der Waals surface area contributed by atoms with Gasteiger partial charge in [-0.15, -0.1) is 0 Å². The minimum atomic E-state index is 0.526. The summed E-state index contributed by atoms with van der Waals surface area (Å²) >= 11 is 3.41. The van der Waals surface area contributed by atoms with Gasteiger partial charge in [-0.2, -0.15) is 9.61 Å². The summed E-state index contributed by atoms with van der Waals surface area (Å²) in [6, 6.07) is 2.33. The maximum atomic E-state index is 5.94. The van der Waals surface area contributed by atoms with Gasteiger partial charge in [0.25, 0.3) is 0 Å². The number of anilines is 2. The van der Waals surface area contributed by atoms with Gasteiger partial charge in [0, 0.05) is 18.7 Å². The number of nitrogens with two attached hydrogens (primary N) is 1. The maximum absolute atomic E-state index is 5.94. The van der Waals surface area contributed by atoms with Crippen molar-refractivity contribution in [3.05, 3.63) is 16.7 Å². The number of rotatable bonds is 3. The Hall–Kier alpha value is -1.34. The highest BCUT2D eigenvalue weighted by molar-refractivity contribution is 9.10.